The molecule has 0 radical (unpaired) electrons. The van der Waals surface area contributed by atoms with Crippen LogP contribution in [0, 0.1) is 11.3 Å². The molecule has 0 fully saturated rings. The van der Waals surface area contributed by atoms with Crippen molar-refractivity contribution >= 4 is 0 Å². The molecule has 0 atom stereocenters. The second-order valence-electron chi connectivity index (χ2n) is 4.04. The Balaban J connectivity index is 2.13. The van der Waals surface area contributed by atoms with E-state index in [1.54, 1.807) is 0 Å². The second-order valence-corrected chi connectivity index (χ2v) is 4.04. The fourth-order valence-corrected chi connectivity index (χ4v) is 1.89. The average Bonchev–Trinajstić information content (AvgIpc) is 2.93. The van der Waals surface area contributed by atoms with Crippen LogP contribution >= 0.6 is 0 Å². The van der Waals surface area contributed by atoms with Crippen LogP contribution in [0.25, 0.3) is 22.8 Å². The van der Waals surface area contributed by atoms with E-state index in [1.165, 1.54) is 0 Å². The standard InChI is InChI=1S/C16H10N2O/c17-11-14-15(12-7-3-1-4-8-12)19-16(18-14)13-9-5-2-6-10-13/h1-10H. The van der Waals surface area contributed by atoms with Gasteiger partial charge < -0.3 is 4.42 Å². The van der Waals surface area contributed by atoms with Gasteiger partial charge in [-0.05, 0) is 12.1 Å². The normalized spacial score (nSPS) is 10.1. The van der Waals surface area contributed by atoms with Crippen LogP contribution < -0.4 is 0 Å². The zero-order valence-corrected chi connectivity index (χ0v) is 10.1. The zero-order valence-electron chi connectivity index (χ0n) is 10.1. The molecule has 2 aromatic carbocycles. The molecule has 0 aliphatic carbocycles. The maximum atomic E-state index is 9.17. The molecule has 3 aromatic rings. The van der Waals surface area contributed by atoms with Gasteiger partial charge in [-0.25, -0.2) is 0 Å². The first-order valence-corrected chi connectivity index (χ1v) is 5.90. The highest BCUT2D eigenvalue weighted by molar-refractivity contribution is 5.66. The highest BCUT2D eigenvalue weighted by atomic mass is 16.4. The van der Waals surface area contributed by atoms with Crippen LogP contribution in [-0.4, -0.2) is 4.98 Å². The van der Waals surface area contributed by atoms with Crippen molar-refractivity contribution in [2.75, 3.05) is 0 Å². The van der Waals surface area contributed by atoms with Crippen molar-refractivity contribution in [2.45, 2.75) is 0 Å². The molecule has 1 heterocycles. The van der Waals surface area contributed by atoms with Gasteiger partial charge in [0.25, 0.3) is 0 Å². The van der Waals surface area contributed by atoms with E-state index in [4.69, 9.17) is 9.68 Å². The summed E-state index contributed by atoms with van der Waals surface area (Å²) in [6, 6.07) is 21.2. The number of aromatic nitrogens is 1. The largest absolute Gasteiger partial charge is 0.435 e. The predicted octanol–water partition coefficient (Wildman–Crippen LogP) is 3.88. The van der Waals surface area contributed by atoms with Crippen LogP contribution in [0.2, 0.25) is 0 Å². The first-order chi connectivity index (χ1) is 9.38. The van der Waals surface area contributed by atoms with E-state index in [1.807, 2.05) is 60.7 Å². The van der Waals surface area contributed by atoms with Gasteiger partial charge in [0.15, 0.2) is 11.5 Å². The van der Waals surface area contributed by atoms with Crippen LogP contribution in [0.3, 0.4) is 0 Å². The molecule has 0 unspecified atom stereocenters. The Morgan fingerprint density at radius 2 is 1.42 bits per heavy atom. The van der Waals surface area contributed by atoms with Gasteiger partial charge in [0, 0.05) is 11.1 Å². The molecule has 3 rings (SSSR count). The number of hydrogen-bond acceptors (Lipinski definition) is 3. The van der Waals surface area contributed by atoms with E-state index in [2.05, 4.69) is 11.1 Å². The van der Waals surface area contributed by atoms with Crippen molar-refractivity contribution in [1.29, 1.82) is 5.26 Å². The molecule has 0 saturated carbocycles. The first kappa shape index (κ1) is 11.2. The number of rotatable bonds is 2. The Morgan fingerprint density at radius 3 is 2.00 bits per heavy atom. The summed E-state index contributed by atoms with van der Waals surface area (Å²) in [5.41, 5.74) is 2.03. The lowest BCUT2D eigenvalue weighted by atomic mass is 10.1. The van der Waals surface area contributed by atoms with Gasteiger partial charge in [0.1, 0.15) is 6.07 Å². The molecule has 0 spiro atoms. The summed E-state index contributed by atoms with van der Waals surface area (Å²) in [4.78, 5) is 4.25. The summed E-state index contributed by atoms with van der Waals surface area (Å²) in [5, 5.41) is 9.17. The van der Waals surface area contributed by atoms with Crippen LogP contribution in [0.1, 0.15) is 5.69 Å². The van der Waals surface area contributed by atoms with Crippen LogP contribution in [-0.2, 0) is 0 Å². The third-order valence-corrected chi connectivity index (χ3v) is 2.79. The van der Waals surface area contributed by atoms with Crippen molar-refractivity contribution in [3.05, 3.63) is 66.4 Å². The SMILES string of the molecule is N#Cc1nc(-c2ccccc2)oc1-c1ccccc1. The van der Waals surface area contributed by atoms with Gasteiger partial charge in [0.2, 0.25) is 5.89 Å². The van der Waals surface area contributed by atoms with E-state index in [-0.39, 0.29) is 0 Å². The number of nitrogens with zero attached hydrogens (tertiary/aromatic N) is 2. The number of benzene rings is 2. The zero-order chi connectivity index (χ0) is 13.1. The van der Waals surface area contributed by atoms with Crippen LogP contribution in [0.5, 0.6) is 0 Å². The molecule has 0 aliphatic heterocycles. The van der Waals surface area contributed by atoms with Gasteiger partial charge in [0.05, 0.1) is 0 Å². The molecular formula is C16H10N2O. The number of oxazole rings is 1. The first-order valence-electron chi connectivity index (χ1n) is 5.90. The van der Waals surface area contributed by atoms with E-state index in [0.717, 1.165) is 11.1 Å². The van der Waals surface area contributed by atoms with Gasteiger partial charge >= 0.3 is 0 Å². The monoisotopic (exact) mass is 246 g/mol. The van der Waals surface area contributed by atoms with Crippen molar-refractivity contribution in [1.82, 2.24) is 4.98 Å². The summed E-state index contributed by atoms with van der Waals surface area (Å²) < 4.78 is 5.74. The molecule has 0 amide bonds. The van der Waals surface area contributed by atoms with Crippen molar-refractivity contribution in [3.63, 3.8) is 0 Å². The second kappa shape index (κ2) is 4.79. The Bertz CT molecular complexity index is 724. The van der Waals surface area contributed by atoms with Crippen LogP contribution in [0.15, 0.2) is 65.1 Å². The van der Waals surface area contributed by atoms with Crippen molar-refractivity contribution in [2.24, 2.45) is 0 Å². The smallest absolute Gasteiger partial charge is 0.228 e. The number of hydrogen-bond donors (Lipinski definition) is 0. The maximum Gasteiger partial charge on any atom is 0.228 e. The molecule has 3 heteroatoms. The predicted molar refractivity (Wildman–Crippen MR) is 72.1 cm³/mol. The van der Waals surface area contributed by atoms with E-state index >= 15 is 0 Å². The minimum absolute atomic E-state index is 0.310. The molecule has 90 valence electrons. The Kier molecular flexibility index (Phi) is 2.83. The molecule has 0 bridgehead atoms. The Hall–Kier alpha value is -2.86. The lowest BCUT2D eigenvalue weighted by molar-refractivity contribution is 0.588. The summed E-state index contributed by atoms with van der Waals surface area (Å²) in [7, 11) is 0. The minimum atomic E-state index is 0.310. The number of nitriles is 1. The fraction of sp³-hybridized carbons (Fsp3) is 0. The molecule has 19 heavy (non-hydrogen) atoms. The van der Waals surface area contributed by atoms with Gasteiger partial charge in [-0.2, -0.15) is 10.2 Å². The molecular weight excluding hydrogens is 236 g/mol. The summed E-state index contributed by atoms with van der Waals surface area (Å²) >= 11 is 0. The van der Waals surface area contributed by atoms with E-state index in [9.17, 15) is 0 Å². The molecule has 1 aromatic heterocycles. The van der Waals surface area contributed by atoms with Crippen LogP contribution in [0.4, 0.5) is 0 Å². The highest BCUT2D eigenvalue weighted by Gasteiger charge is 2.15. The topological polar surface area (TPSA) is 49.8 Å². The quantitative estimate of drug-likeness (QED) is 0.689. The van der Waals surface area contributed by atoms with Gasteiger partial charge in [-0.15, -0.1) is 0 Å². The lowest BCUT2D eigenvalue weighted by Gasteiger charge is -1.96. The highest BCUT2D eigenvalue weighted by Crippen LogP contribution is 2.29. The lowest BCUT2D eigenvalue weighted by Crippen LogP contribution is -1.79. The third kappa shape index (κ3) is 2.12. The minimum Gasteiger partial charge on any atom is -0.435 e. The van der Waals surface area contributed by atoms with Crippen molar-refractivity contribution < 1.29 is 4.42 Å². The Labute approximate surface area is 110 Å². The molecule has 3 nitrogen and oxygen atoms in total. The molecule has 0 N–H and O–H groups in total. The summed E-state index contributed by atoms with van der Waals surface area (Å²) in [5.74, 6) is 0.984. The van der Waals surface area contributed by atoms with Gasteiger partial charge in [-0.3, -0.25) is 0 Å². The van der Waals surface area contributed by atoms with Crippen molar-refractivity contribution in [3.8, 4) is 28.8 Å². The summed E-state index contributed by atoms with van der Waals surface area (Å²) in [6.07, 6.45) is 0. The third-order valence-electron chi connectivity index (χ3n) is 2.79. The maximum absolute atomic E-state index is 9.17. The average molecular weight is 246 g/mol. The van der Waals surface area contributed by atoms with Gasteiger partial charge in [-0.1, -0.05) is 48.5 Å². The molecule has 0 aliphatic rings. The fourth-order valence-electron chi connectivity index (χ4n) is 1.89. The Morgan fingerprint density at radius 1 is 0.842 bits per heavy atom. The molecule has 0 saturated heterocycles. The van der Waals surface area contributed by atoms with E-state index in [0.29, 0.717) is 17.3 Å². The summed E-state index contributed by atoms with van der Waals surface area (Å²) in [6.45, 7) is 0. The van der Waals surface area contributed by atoms with E-state index < -0.39 is 0 Å².